The maximum Gasteiger partial charge on any atom is 0.508 e. The van der Waals surface area contributed by atoms with Crippen molar-refractivity contribution in [2.45, 2.75) is 64.3 Å². The first-order chi connectivity index (χ1) is 15.1. The van der Waals surface area contributed by atoms with E-state index in [9.17, 15) is 15.0 Å². The van der Waals surface area contributed by atoms with Gasteiger partial charge in [0.2, 0.25) is 5.82 Å². The number of hydrogen-bond donors (Lipinski definition) is 3. The smallest absolute Gasteiger partial charge is 0.432 e. The van der Waals surface area contributed by atoms with Crippen molar-refractivity contribution >= 4 is 23.7 Å². The monoisotopic (exact) mass is 450 g/mol. The van der Waals surface area contributed by atoms with Crippen LogP contribution in [0.1, 0.15) is 33.4 Å². The van der Waals surface area contributed by atoms with Gasteiger partial charge in [0, 0.05) is 13.3 Å². The molecule has 3 heterocycles. The summed E-state index contributed by atoms with van der Waals surface area (Å²) in [7, 11) is 1.53. The van der Waals surface area contributed by atoms with Crippen molar-refractivity contribution in [3.05, 3.63) is 24.2 Å². The van der Waals surface area contributed by atoms with Crippen molar-refractivity contribution in [1.29, 1.82) is 0 Å². The Hall–Kier alpha value is -2.76. The maximum atomic E-state index is 11.7. The van der Waals surface area contributed by atoms with Crippen LogP contribution >= 0.6 is 0 Å². The number of carbonyl (C=O) groups excluding carboxylic acids is 1. The van der Waals surface area contributed by atoms with Crippen LogP contribution in [-0.4, -0.2) is 70.3 Å². The van der Waals surface area contributed by atoms with Crippen LogP contribution in [0, 0.1) is 5.92 Å². The van der Waals surface area contributed by atoms with E-state index in [0.717, 1.165) is 0 Å². The largest absolute Gasteiger partial charge is 0.508 e. The number of hydrogen-bond acceptors (Lipinski definition) is 9. The second-order valence-corrected chi connectivity index (χ2v) is 8.58. The summed E-state index contributed by atoms with van der Waals surface area (Å²) in [5.74, 6) is 0.880. The van der Waals surface area contributed by atoms with E-state index in [0.29, 0.717) is 29.5 Å². The highest BCUT2D eigenvalue weighted by molar-refractivity contribution is 5.75. The molecule has 4 atom stereocenters. The molecule has 2 aromatic rings. The minimum atomic E-state index is -1.53. The van der Waals surface area contributed by atoms with Crippen molar-refractivity contribution in [2.24, 2.45) is 10.9 Å². The normalized spacial score (nSPS) is 26.0. The summed E-state index contributed by atoms with van der Waals surface area (Å²) in [4.78, 5) is 15.8. The Bertz CT molecular complexity index is 990. The van der Waals surface area contributed by atoms with Crippen molar-refractivity contribution < 1.29 is 33.8 Å². The van der Waals surface area contributed by atoms with E-state index >= 15 is 0 Å². The van der Waals surface area contributed by atoms with E-state index < -0.39 is 30.1 Å². The first-order valence-corrected chi connectivity index (χ1v) is 10.6. The Kier molecular flexibility index (Phi) is 7.01. The van der Waals surface area contributed by atoms with Gasteiger partial charge in [-0.2, -0.15) is 4.52 Å². The van der Waals surface area contributed by atoms with E-state index in [1.54, 1.807) is 36.8 Å². The van der Waals surface area contributed by atoms with Crippen molar-refractivity contribution in [3.63, 3.8) is 0 Å². The van der Waals surface area contributed by atoms with Gasteiger partial charge >= 0.3 is 6.16 Å². The summed E-state index contributed by atoms with van der Waals surface area (Å²) in [6.45, 7) is 7.93. The predicted octanol–water partition coefficient (Wildman–Crippen LogP) is 0.438. The van der Waals surface area contributed by atoms with Crippen LogP contribution in [0.3, 0.4) is 0 Å². The zero-order valence-corrected chi connectivity index (χ0v) is 19.0. The highest BCUT2D eigenvalue weighted by atomic mass is 16.7. The number of rotatable bonds is 7. The Balaban J connectivity index is 1.95. The van der Waals surface area contributed by atoms with Crippen molar-refractivity contribution in [1.82, 2.24) is 9.61 Å². The summed E-state index contributed by atoms with van der Waals surface area (Å²) in [5.41, 5.74) is 5.88. The quantitative estimate of drug-likeness (QED) is 0.313. The Morgan fingerprint density at radius 1 is 1.41 bits per heavy atom. The van der Waals surface area contributed by atoms with Gasteiger partial charge in [-0.05, 0) is 37.0 Å². The molecular weight excluding hydrogens is 418 g/mol. The number of nitrogens with zero attached hydrogens (tertiary/aromatic N) is 4. The Morgan fingerprint density at radius 3 is 2.75 bits per heavy atom. The number of aliphatic hydroxyl groups is 2. The van der Waals surface area contributed by atoms with Gasteiger partial charge in [0.15, 0.2) is 11.1 Å². The van der Waals surface area contributed by atoms with E-state index in [2.05, 4.69) is 23.9 Å². The standard InChI is InChI=1S/C21H31N5O6/c1-12(2)8-25-11-24-26-14(19(25)22)6-7-16(26)21(10-23-5)18(28)17(27)15(32-21)9-30-20(29)31-13(3)4/h6-7,10-13,15,17-18,22,27-28H,8-9H2,1-5H3/p+1/t15-,17-,18-,21+/m1/s1. The van der Waals surface area contributed by atoms with Crippen LogP contribution in [0.25, 0.3) is 5.52 Å². The molecule has 1 fully saturated rings. The minimum absolute atomic E-state index is 0.309. The van der Waals surface area contributed by atoms with Gasteiger partial charge in [0.05, 0.1) is 18.3 Å². The van der Waals surface area contributed by atoms with E-state index in [4.69, 9.17) is 19.9 Å². The van der Waals surface area contributed by atoms with Gasteiger partial charge in [-0.1, -0.05) is 13.8 Å². The van der Waals surface area contributed by atoms with Gasteiger partial charge < -0.3 is 30.2 Å². The van der Waals surface area contributed by atoms with Crippen molar-refractivity contribution in [2.75, 3.05) is 19.4 Å². The number of aliphatic hydroxyl groups excluding tert-OH is 2. The van der Waals surface area contributed by atoms with Crippen LogP contribution in [0.2, 0.25) is 0 Å². The average Bonchev–Trinajstić information content (AvgIpc) is 3.24. The molecule has 1 saturated heterocycles. The zero-order chi connectivity index (χ0) is 23.6. The number of nitrogen functional groups attached to an aromatic ring is 1. The number of aliphatic imine (C=N–C) groups is 1. The summed E-state index contributed by atoms with van der Waals surface area (Å²) in [6.07, 6.45) is -1.98. The molecule has 0 amide bonds. The molecule has 1 aliphatic rings. The molecule has 4 N–H and O–H groups in total. The van der Waals surface area contributed by atoms with Gasteiger partial charge in [0.25, 0.3) is 6.33 Å². The first-order valence-electron chi connectivity index (χ1n) is 10.6. The maximum absolute atomic E-state index is 11.7. The molecule has 11 heteroatoms. The SMILES string of the molecule is CN=C[C@@]1(c2ccc3c(N)[n+](CC(C)C)cnn23)O[C@H](COC(=O)OC(C)C)[C@@H](O)[C@H]1O. The number of fused-ring (bicyclic) bond motifs is 1. The molecule has 2 aromatic heterocycles. The number of nitrogens with two attached hydrogens (primary N) is 1. The predicted molar refractivity (Wildman–Crippen MR) is 115 cm³/mol. The van der Waals surface area contributed by atoms with Gasteiger partial charge in [-0.15, -0.1) is 0 Å². The molecule has 0 saturated carbocycles. The molecule has 0 spiro atoms. The Morgan fingerprint density at radius 2 is 2.12 bits per heavy atom. The molecule has 11 nitrogen and oxygen atoms in total. The lowest BCUT2D eigenvalue weighted by Gasteiger charge is -2.27. The molecule has 0 unspecified atom stereocenters. The second kappa shape index (κ2) is 9.39. The van der Waals surface area contributed by atoms with Crippen LogP contribution < -0.4 is 10.3 Å². The third-order valence-corrected chi connectivity index (χ3v) is 5.20. The number of aromatic nitrogens is 3. The highest BCUT2D eigenvalue weighted by Gasteiger charge is 2.56. The lowest BCUT2D eigenvalue weighted by molar-refractivity contribution is -0.690. The topological polar surface area (TPSA) is 145 Å². The molecule has 1 aliphatic heterocycles. The van der Waals surface area contributed by atoms with Crippen LogP contribution in [-0.2, 0) is 26.4 Å². The summed E-state index contributed by atoms with van der Waals surface area (Å²) < 4.78 is 19.5. The van der Waals surface area contributed by atoms with Crippen LogP contribution in [0.4, 0.5) is 10.6 Å². The Labute approximate surface area is 186 Å². The highest BCUT2D eigenvalue weighted by Crippen LogP contribution is 2.39. The number of carbonyl (C=O) groups is 1. The van der Waals surface area contributed by atoms with Gasteiger partial charge in [-0.3, -0.25) is 4.99 Å². The summed E-state index contributed by atoms with van der Waals surface area (Å²) in [5, 5.41) is 26.1. The molecule has 0 aliphatic carbocycles. The van der Waals surface area contributed by atoms with E-state index in [-0.39, 0.29) is 12.7 Å². The lowest BCUT2D eigenvalue weighted by atomic mass is 9.92. The fourth-order valence-electron chi connectivity index (χ4n) is 3.84. The molecule has 176 valence electrons. The number of ether oxygens (including phenoxy) is 3. The molecule has 3 rings (SSSR count). The average molecular weight is 451 g/mol. The molecule has 0 bridgehead atoms. The minimum Gasteiger partial charge on any atom is -0.432 e. The first kappa shape index (κ1) is 23.9. The summed E-state index contributed by atoms with van der Waals surface area (Å²) in [6, 6.07) is 3.48. The van der Waals surface area contributed by atoms with E-state index in [1.165, 1.54) is 13.3 Å². The fourth-order valence-corrected chi connectivity index (χ4v) is 3.84. The molecule has 32 heavy (non-hydrogen) atoms. The molecule has 0 aromatic carbocycles. The van der Waals surface area contributed by atoms with Gasteiger partial charge in [0.1, 0.15) is 24.9 Å². The van der Waals surface area contributed by atoms with Crippen LogP contribution in [0.15, 0.2) is 23.5 Å². The fraction of sp³-hybridized carbons (Fsp3) is 0.619. The second-order valence-electron chi connectivity index (χ2n) is 8.58. The zero-order valence-electron chi connectivity index (χ0n) is 19.0. The third-order valence-electron chi connectivity index (χ3n) is 5.20. The van der Waals surface area contributed by atoms with E-state index in [1.807, 2.05) is 4.57 Å². The summed E-state index contributed by atoms with van der Waals surface area (Å²) >= 11 is 0. The van der Waals surface area contributed by atoms with Crippen LogP contribution in [0.5, 0.6) is 0 Å². The van der Waals surface area contributed by atoms with Crippen molar-refractivity contribution in [3.8, 4) is 0 Å². The lowest BCUT2D eigenvalue weighted by Crippen LogP contribution is -2.44. The number of anilines is 1. The third kappa shape index (κ3) is 4.41. The van der Waals surface area contributed by atoms with Gasteiger partial charge in [-0.25, -0.2) is 9.36 Å². The molecular formula is C21H32N5O6+. The molecule has 0 radical (unpaired) electrons.